The molecule has 1 heteroatoms. The summed E-state index contributed by atoms with van der Waals surface area (Å²) in [5.74, 6) is 2.52. The molecular formula is C10H12S. The first-order valence-electron chi connectivity index (χ1n) is 4.03. The van der Waals surface area contributed by atoms with Crippen LogP contribution in [0.2, 0.25) is 0 Å². The van der Waals surface area contributed by atoms with Crippen molar-refractivity contribution in [1.82, 2.24) is 0 Å². The molecule has 0 nitrogen and oxygen atoms in total. The van der Waals surface area contributed by atoms with E-state index < -0.39 is 0 Å². The smallest absolute Gasteiger partial charge is 0.0187 e. The highest BCUT2D eigenvalue weighted by Crippen LogP contribution is 2.26. The molecule has 0 spiro atoms. The number of benzene rings is 1. The van der Waals surface area contributed by atoms with E-state index in [1.807, 2.05) is 11.8 Å². The monoisotopic (exact) mass is 164 g/mol. The van der Waals surface area contributed by atoms with Gasteiger partial charge in [0.25, 0.3) is 0 Å². The number of hydrogen-bond donors (Lipinski definition) is 0. The Bertz CT molecular complexity index is 266. The van der Waals surface area contributed by atoms with Crippen molar-refractivity contribution in [3.8, 4) is 0 Å². The van der Waals surface area contributed by atoms with Crippen LogP contribution in [0.1, 0.15) is 16.7 Å². The van der Waals surface area contributed by atoms with Crippen LogP contribution in [0.25, 0.3) is 0 Å². The minimum absolute atomic E-state index is 1.22. The van der Waals surface area contributed by atoms with E-state index in [1.165, 1.54) is 23.5 Å². The Balaban J connectivity index is 2.49. The van der Waals surface area contributed by atoms with Gasteiger partial charge in [-0.1, -0.05) is 18.2 Å². The fourth-order valence-electron chi connectivity index (χ4n) is 1.61. The van der Waals surface area contributed by atoms with E-state index in [0.29, 0.717) is 0 Å². The highest BCUT2D eigenvalue weighted by Gasteiger charge is 2.09. The molecule has 0 aliphatic carbocycles. The summed E-state index contributed by atoms with van der Waals surface area (Å²) in [7, 11) is 0. The van der Waals surface area contributed by atoms with E-state index in [9.17, 15) is 0 Å². The van der Waals surface area contributed by atoms with Crippen molar-refractivity contribution in [2.75, 3.05) is 5.75 Å². The summed E-state index contributed by atoms with van der Waals surface area (Å²) in [5, 5.41) is 0. The Hall–Kier alpha value is -0.430. The van der Waals surface area contributed by atoms with Crippen LogP contribution < -0.4 is 0 Å². The summed E-state index contributed by atoms with van der Waals surface area (Å²) >= 11 is 2.05. The van der Waals surface area contributed by atoms with Crippen LogP contribution >= 0.6 is 11.8 Å². The van der Waals surface area contributed by atoms with E-state index in [2.05, 4.69) is 25.1 Å². The van der Waals surface area contributed by atoms with Crippen LogP contribution in [0.15, 0.2) is 18.2 Å². The van der Waals surface area contributed by atoms with Gasteiger partial charge in [-0.05, 0) is 35.8 Å². The number of fused-ring (bicyclic) bond motifs is 1. The summed E-state index contributed by atoms with van der Waals surface area (Å²) in [4.78, 5) is 0. The Morgan fingerprint density at radius 2 is 2.27 bits per heavy atom. The molecule has 58 valence electrons. The van der Waals surface area contributed by atoms with Crippen LogP contribution in [0, 0.1) is 6.92 Å². The Morgan fingerprint density at radius 3 is 3.09 bits per heavy atom. The van der Waals surface area contributed by atoms with E-state index in [-0.39, 0.29) is 0 Å². The van der Waals surface area contributed by atoms with Crippen molar-refractivity contribution in [3.63, 3.8) is 0 Å². The lowest BCUT2D eigenvalue weighted by molar-refractivity contribution is 1.06. The predicted molar refractivity (Wildman–Crippen MR) is 51.0 cm³/mol. The molecule has 0 N–H and O–H groups in total. The minimum Gasteiger partial charge on any atom is -0.157 e. The van der Waals surface area contributed by atoms with Crippen molar-refractivity contribution in [3.05, 3.63) is 34.9 Å². The first-order chi connectivity index (χ1) is 5.38. The first kappa shape index (κ1) is 7.23. The molecule has 2 rings (SSSR count). The van der Waals surface area contributed by atoms with Crippen LogP contribution in [0.3, 0.4) is 0 Å². The molecule has 0 saturated heterocycles. The van der Waals surface area contributed by atoms with Crippen LogP contribution in [-0.4, -0.2) is 5.75 Å². The largest absolute Gasteiger partial charge is 0.157 e. The molecule has 0 saturated carbocycles. The zero-order valence-electron chi connectivity index (χ0n) is 6.76. The molecule has 0 bridgehead atoms. The third-order valence-corrected chi connectivity index (χ3v) is 3.27. The van der Waals surface area contributed by atoms with Gasteiger partial charge >= 0.3 is 0 Å². The molecule has 1 heterocycles. The molecule has 0 radical (unpaired) electrons. The molecule has 1 aromatic rings. The average molecular weight is 164 g/mol. The lowest BCUT2D eigenvalue weighted by Crippen LogP contribution is -2.03. The lowest BCUT2D eigenvalue weighted by atomic mass is 10.0. The van der Waals surface area contributed by atoms with Gasteiger partial charge in [-0.2, -0.15) is 11.8 Å². The van der Waals surface area contributed by atoms with Gasteiger partial charge in [0.05, 0.1) is 0 Å². The topological polar surface area (TPSA) is 0 Å². The fourth-order valence-corrected chi connectivity index (χ4v) is 2.60. The highest BCUT2D eigenvalue weighted by atomic mass is 32.2. The van der Waals surface area contributed by atoms with Gasteiger partial charge in [-0.15, -0.1) is 0 Å². The summed E-state index contributed by atoms with van der Waals surface area (Å²) in [6.07, 6.45) is 1.27. The Kier molecular flexibility index (Phi) is 1.91. The molecule has 0 atom stereocenters. The summed E-state index contributed by atoms with van der Waals surface area (Å²) in [5.41, 5.74) is 4.63. The predicted octanol–water partition coefficient (Wildman–Crippen LogP) is 2.78. The molecule has 1 aromatic carbocycles. The van der Waals surface area contributed by atoms with Gasteiger partial charge in [0.2, 0.25) is 0 Å². The number of thioether (sulfide) groups is 1. The van der Waals surface area contributed by atoms with E-state index in [4.69, 9.17) is 0 Å². The van der Waals surface area contributed by atoms with Gasteiger partial charge in [0, 0.05) is 5.75 Å². The summed E-state index contributed by atoms with van der Waals surface area (Å²) in [6, 6.07) is 6.64. The van der Waals surface area contributed by atoms with Crippen LogP contribution in [0.4, 0.5) is 0 Å². The van der Waals surface area contributed by atoms with Crippen LogP contribution in [-0.2, 0) is 12.2 Å². The van der Waals surface area contributed by atoms with E-state index in [1.54, 1.807) is 11.1 Å². The molecular weight excluding hydrogens is 152 g/mol. The van der Waals surface area contributed by atoms with Gasteiger partial charge in [0.1, 0.15) is 0 Å². The maximum absolute atomic E-state index is 2.26. The van der Waals surface area contributed by atoms with Crippen molar-refractivity contribution < 1.29 is 0 Å². The van der Waals surface area contributed by atoms with E-state index >= 15 is 0 Å². The Morgan fingerprint density at radius 1 is 1.36 bits per heavy atom. The second kappa shape index (κ2) is 2.90. The molecule has 1 aliphatic rings. The average Bonchev–Trinajstić information content (AvgIpc) is 2.06. The molecule has 0 fully saturated rings. The number of rotatable bonds is 0. The molecule has 1 aliphatic heterocycles. The van der Waals surface area contributed by atoms with Gasteiger partial charge in [-0.25, -0.2) is 0 Å². The highest BCUT2D eigenvalue weighted by molar-refractivity contribution is 7.98. The molecule has 11 heavy (non-hydrogen) atoms. The quantitative estimate of drug-likeness (QED) is 0.568. The second-order valence-corrected chi connectivity index (χ2v) is 4.12. The third-order valence-electron chi connectivity index (χ3n) is 2.26. The number of aryl methyl sites for hydroxylation is 1. The van der Waals surface area contributed by atoms with Crippen molar-refractivity contribution >= 4 is 11.8 Å². The maximum atomic E-state index is 2.26. The van der Waals surface area contributed by atoms with Crippen LogP contribution in [0.5, 0.6) is 0 Å². The van der Waals surface area contributed by atoms with Gasteiger partial charge in [0.15, 0.2) is 0 Å². The van der Waals surface area contributed by atoms with E-state index in [0.717, 1.165) is 0 Å². The zero-order valence-corrected chi connectivity index (χ0v) is 7.58. The standard InChI is InChI=1S/C10H12S/c1-8-3-2-4-9-7-11-6-5-10(8)9/h2-4H,5-7H2,1H3. The number of hydrogen-bond acceptors (Lipinski definition) is 1. The molecule has 0 unspecified atom stereocenters. The van der Waals surface area contributed by atoms with Gasteiger partial charge < -0.3 is 0 Å². The van der Waals surface area contributed by atoms with Crippen molar-refractivity contribution in [1.29, 1.82) is 0 Å². The minimum atomic E-state index is 1.22. The summed E-state index contributed by atoms with van der Waals surface area (Å²) in [6.45, 7) is 2.22. The third kappa shape index (κ3) is 1.30. The molecule has 0 aromatic heterocycles. The van der Waals surface area contributed by atoms with Gasteiger partial charge in [-0.3, -0.25) is 0 Å². The molecule has 0 amide bonds. The lowest BCUT2D eigenvalue weighted by Gasteiger charge is -2.16. The first-order valence-corrected chi connectivity index (χ1v) is 5.18. The maximum Gasteiger partial charge on any atom is 0.0187 e. The van der Waals surface area contributed by atoms with Crippen molar-refractivity contribution in [2.45, 2.75) is 19.1 Å². The zero-order chi connectivity index (χ0) is 7.68. The SMILES string of the molecule is Cc1cccc2c1CCSC2. The summed E-state index contributed by atoms with van der Waals surface area (Å²) < 4.78 is 0. The fraction of sp³-hybridized carbons (Fsp3) is 0.400. The Labute approximate surface area is 72.0 Å². The van der Waals surface area contributed by atoms with Crippen molar-refractivity contribution in [2.24, 2.45) is 0 Å². The normalized spacial score (nSPS) is 16.1. The second-order valence-electron chi connectivity index (χ2n) is 3.02.